The molecule has 118 valence electrons. The van der Waals surface area contributed by atoms with Crippen LogP contribution in [0.15, 0.2) is 29.2 Å². The quantitative estimate of drug-likeness (QED) is 0.780. The van der Waals surface area contributed by atoms with Crippen LogP contribution >= 0.6 is 11.8 Å². The number of methoxy groups -OCH3 is 1. The first kappa shape index (κ1) is 16.7. The molecule has 0 aromatic heterocycles. The van der Waals surface area contributed by atoms with E-state index in [1.165, 1.54) is 11.8 Å². The standard InChI is InChI=1S/C17H22N2O2S/c1-19(17(13-18)9-4-3-5-10-17)16(20)12-22-15-8-6-7-14(11-15)21-2/h6-8,11H,3-5,9-10,12H2,1-2H3. The molecule has 5 heteroatoms. The molecule has 1 saturated carbocycles. The van der Waals surface area contributed by atoms with Gasteiger partial charge in [-0.2, -0.15) is 5.26 Å². The summed E-state index contributed by atoms with van der Waals surface area (Å²) < 4.78 is 5.19. The van der Waals surface area contributed by atoms with Gasteiger partial charge in [-0.1, -0.05) is 25.3 Å². The molecular formula is C17H22N2O2S. The Balaban J connectivity index is 1.97. The second-order valence-corrected chi connectivity index (χ2v) is 6.67. The molecule has 2 rings (SSSR count). The number of benzene rings is 1. The third-order valence-corrected chi connectivity index (χ3v) is 5.29. The molecule has 0 unspecified atom stereocenters. The molecule has 1 aliphatic carbocycles. The Labute approximate surface area is 136 Å². The van der Waals surface area contributed by atoms with Crippen LogP contribution < -0.4 is 4.74 Å². The zero-order valence-corrected chi connectivity index (χ0v) is 14.0. The van der Waals surface area contributed by atoms with Crippen molar-refractivity contribution in [1.82, 2.24) is 4.90 Å². The number of amides is 1. The van der Waals surface area contributed by atoms with Gasteiger partial charge in [0.05, 0.1) is 18.9 Å². The summed E-state index contributed by atoms with van der Waals surface area (Å²) in [5.41, 5.74) is -0.607. The molecule has 0 heterocycles. The van der Waals surface area contributed by atoms with Crippen LogP contribution in [0, 0.1) is 11.3 Å². The van der Waals surface area contributed by atoms with Gasteiger partial charge in [0.1, 0.15) is 11.3 Å². The largest absolute Gasteiger partial charge is 0.497 e. The van der Waals surface area contributed by atoms with Crippen molar-refractivity contribution in [1.29, 1.82) is 5.26 Å². The summed E-state index contributed by atoms with van der Waals surface area (Å²) in [6.07, 6.45) is 4.78. The van der Waals surface area contributed by atoms with Gasteiger partial charge in [0.25, 0.3) is 0 Å². The zero-order chi connectivity index (χ0) is 16.0. The summed E-state index contributed by atoms with van der Waals surface area (Å²) in [7, 11) is 3.39. The smallest absolute Gasteiger partial charge is 0.233 e. The van der Waals surface area contributed by atoms with Gasteiger partial charge in [-0.05, 0) is 31.0 Å². The monoisotopic (exact) mass is 318 g/mol. The Morgan fingerprint density at radius 1 is 1.41 bits per heavy atom. The van der Waals surface area contributed by atoms with Crippen molar-refractivity contribution in [3.8, 4) is 11.8 Å². The molecule has 0 N–H and O–H groups in total. The minimum Gasteiger partial charge on any atom is -0.497 e. The molecule has 1 aliphatic rings. The van der Waals surface area contributed by atoms with E-state index in [4.69, 9.17) is 4.74 Å². The van der Waals surface area contributed by atoms with Gasteiger partial charge in [-0.15, -0.1) is 11.8 Å². The Morgan fingerprint density at radius 3 is 2.77 bits per heavy atom. The summed E-state index contributed by atoms with van der Waals surface area (Å²) in [5, 5.41) is 9.55. The van der Waals surface area contributed by atoms with Gasteiger partial charge >= 0.3 is 0 Å². The van der Waals surface area contributed by atoms with Crippen molar-refractivity contribution >= 4 is 17.7 Å². The van der Waals surface area contributed by atoms with Crippen molar-refractivity contribution in [3.05, 3.63) is 24.3 Å². The van der Waals surface area contributed by atoms with E-state index in [0.29, 0.717) is 5.75 Å². The van der Waals surface area contributed by atoms with E-state index in [-0.39, 0.29) is 5.91 Å². The Bertz CT molecular complexity index is 562. The minimum absolute atomic E-state index is 0.0104. The van der Waals surface area contributed by atoms with Crippen LogP contribution in [0.4, 0.5) is 0 Å². The molecule has 0 bridgehead atoms. The van der Waals surface area contributed by atoms with Crippen LogP contribution in [-0.2, 0) is 4.79 Å². The number of carbonyl (C=O) groups is 1. The van der Waals surface area contributed by atoms with E-state index < -0.39 is 5.54 Å². The number of hydrogen-bond acceptors (Lipinski definition) is 4. The van der Waals surface area contributed by atoms with Crippen LogP contribution in [0.25, 0.3) is 0 Å². The van der Waals surface area contributed by atoms with Crippen LogP contribution in [-0.4, -0.2) is 36.3 Å². The Kier molecular flexibility index (Phi) is 5.73. The van der Waals surface area contributed by atoms with E-state index >= 15 is 0 Å². The molecule has 4 nitrogen and oxygen atoms in total. The summed E-state index contributed by atoms with van der Waals surface area (Å²) in [6.45, 7) is 0. The summed E-state index contributed by atoms with van der Waals surface area (Å²) in [5.74, 6) is 1.13. The number of rotatable bonds is 5. The molecule has 1 aromatic carbocycles. The lowest BCUT2D eigenvalue weighted by Gasteiger charge is -2.39. The number of nitrogens with zero attached hydrogens (tertiary/aromatic N) is 2. The maximum atomic E-state index is 12.5. The molecule has 22 heavy (non-hydrogen) atoms. The molecule has 1 amide bonds. The highest BCUT2D eigenvalue weighted by Gasteiger charge is 2.38. The molecule has 1 aromatic rings. The first-order valence-electron chi connectivity index (χ1n) is 7.56. The van der Waals surface area contributed by atoms with Crippen molar-refractivity contribution in [2.75, 3.05) is 19.9 Å². The van der Waals surface area contributed by atoms with Crippen molar-refractivity contribution < 1.29 is 9.53 Å². The summed E-state index contributed by atoms with van der Waals surface area (Å²) >= 11 is 1.48. The second kappa shape index (κ2) is 7.55. The number of carbonyl (C=O) groups excluding carboxylic acids is 1. The first-order chi connectivity index (χ1) is 10.6. The molecule has 0 radical (unpaired) electrons. The van der Waals surface area contributed by atoms with Gasteiger partial charge in [-0.25, -0.2) is 0 Å². The maximum absolute atomic E-state index is 12.5. The van der Waals surface area contributed by atoms with Gasteiger partial charge < -0.3 is 9.64 Å². The molecular weight excluding hydrogens is 296 g/mol. The predicted octanol–water partition coefficient (Wildman–Crippen LogP) is 3.47. The third-order valence-electron chi connectivity index (χ3n) is 4.31. The Hall–Kier alpha value is -1.67. The maximum Gasteiger partial charge on any atom is 0.233 e. The normalized spacial score (nSPS) is 16.6. The molecule has 0 aliphatic heterocycles. The number of hydrogen-bond donors (Lipinski definition) is 0. The van der Waals surface area contributed by atoms with Crippen molar-refractivity contribution in [2.45, 2.75) is 42.5 Å². The molecule has 0 saturated heterocycles. The fourth-order valence-electron chi connectivity index (χ4n) is 2.83. The molecule has 0 atom stereocenters. The highest BCUT2D eigenvalue weighted by Crippen LogP contribution is 2.33. The van der Waals surface area contributed by atoms with Crippen LogP contribution in [0.3, 0.4) is 0 Å². The third kappa shape index (κ3) is 3.75. The fraction of sp³-hybridized carbons (Fsp3) is 0.529. The SMILES string of the molecule is COc1cccc(SCC(=O)N(C)C2(C#N)CCCCC2)c1. The highest BCUT2D eigenvalue weighted by atomic mass is 32.2. The molecule has 1 fully saturated rings. The summed E-state index contributed by atoms with van der Waals surface area (Å²) in [4.78, 5) is 15.1. The molecule has 0 spiro atoms. The van der Waals surface area contributed by atoms with E-state index in [1.807, 2.05) is 24.3 Å². The lowest BCUT2D eigenvalue weighted by molar-refractivity contribution is -0.131. The Morgan fingerprint density at radius 2 is 2.14 bits per heavy atom. The highest BCUT2D eigenvalue weighted by molar-refractivity contribution is 8.00. The number of nitriles is 1. The predicted molar refractivity (Wildman–Crippen MR) is 87.9 cm³/mol. The van der Waals surface area contributed by atoms with E-state index in [9.17, 15) is 10.1 Å². The van der Waals surface area contributed by atoms with E-state index in [2.05, 4.69) is 6.07 Å². The van der Waals surface area contributed by atoms with Gasteiger partial charge in [0.15, 0.2) is 0 Å². The van der Waals surface area contributed by atoms with Crippen LogP contribution in [0.5, 0.6) is 5.75 Å². The number of ether oxygens (including phenoxy) is 1. The minimum atomic E-state index is -0.607. The average molecular weight is 318 g/mol. The lowest BCUT2D eigenvalue weighted by Crippen LogP contribution is -2.50. The summed E-state index contributed by atoms with van der Waals surface area (Å²) in [6, 6.07) is 10.1. The topological polar surface area (TPSA) is 53.3 Å². The lowest BCUT2D eigenvalue weighted by atomic mass is 9.81. The zero-order valence-electron chi connectivity index (χ0n) is 13.2. The van der Waals surface area contributed by atoms with Crippen molar-refractivity contribution in [3.63, 3.8) is 0 Å². The van der Waals surface area contributed by atoms with Crippen LogP contribution in [0.2, 0.25) is 0 Å². The van der Waals surface area contributed by atoms with E-state index in [1.54, 1.807) is 19.1 Å². The van der Waals surface area contributed by atoms with E-state index in [0.717, 1.165) is 42.7 Å². The van der Waals surface area contributed by atoms with Gasteiger partial charge in [0.2, 0.25) is 5.91 Å². The van der Waals surface area contributed by atoms with Gasteiger partial charge in [0, 0.05) is 11.9 Å². The first-order valence-corrected chi connectivity index (χ1v) is 8.54. The van der Waals surface area contributed by atoms with Crippen LogP contribution in [0.1, 0.15) is 32.1 Å². The van der Waals surface area contributed by atoms with Crippen molar-refractivity contribution in [2.24, 2.45) is 0 Å². The fourth-order valence-corrected chi connectivity index (χ4v) is 3.69. The second-order valence-electron chi connectivity index (χ2n) is 5.62. The van der Waals surface area contributed by atoms with Gasteiger partial charge in [-0.3, -0.25) is 4.79 Å². The average Bonchev–Trinajstić information content (AvgIpc) is 2.59. The number of thioether (sulfide) groups is 1.